The lowest BCUT2D eigenvalue weighted by atomic mass is 10.0. The van der Waals surface area contributed by atoms with Gasteiger partial charge in [-0.1, -0.05) is 297 Å². The van der Waals surface area contributed by atoms with Gasteiger partial charge in [0.2, 0.25) is 0 Å². The van der Waals surface area contributed by atoms with Crippen molar-refractivity contribution in [2.75, 3.05) is 26.4 Å². The quantitative estimate of drug-likeness (QED) is 0.0206. The molecular weight excluding hydrogens is 1300 g/mol. The van der Waals surface area contributed by atoms with Crippen molar-refractivity contribution in [3.8, 4) is 30.6 Å². The third-order valence-electron chi connectivity index (χ3n) is 19.2. The number of esters is 4. The summed E-state index contributed by atoms with van der Waals surface area (Å²) in [4.78, 5) is 63.0. The lowest BCUT2D eigenvalue weighted by molar-refractivity contribution is 0.0489. The van der Waals surface area contributed by atoms with E-state index < -0.39 is 17.9 Å². The second kappa shape index (κ2) is 46.8. The summed E-state index contributed by atoms with van der Waals surface area (Å²) < 4.78 is 35.6. The highest BCUT2D eigenvalue weighted by atomic mass is 32.1. The molecule has 97 heavy (non-hydrogen) atoms. The number of hydrogen-bond acceptors (Lipinski definition) is 15. The summed E-state index contributed by atoms with van der Waals surface area (Å²) in [5.74, 6) is -1.53. The largest absolute Gasteiger partial charge is 0.462 e. The van der Waals surface area contributed by atoms with E-state index in [-0.39, 0.29) is 5.97 Å². The van der Waals surface area contributed by atoms with Crippen LogP contribution >= 0.6 is 57.1 Å². The third kappa shape index (κ3) is 26.4. The van der Waals surface area contributed by atoms with Crippen molar-refractivity contribution in [2.45, 2.75) is 324 Å². The van der Waals surface area contributed by atoms with Crippen molar-refractivity contribution < 1.29 is 38.1 Å². The van der Waals surface area contributed by atoms with E-state index >= 15 is 0 Å². The zero-order valence-corrected chi connectivity index (χ0v) is 64.7. The van der Waals surface area contributed by atoms with Crippen LogP contribution in [-0.2, 0) is 18.9 Å². The first-order valence-corrected chi connectivity index (χ1v) is 42.8. The van der Waals surface area contributed by atoms with Crippen LogP contribution in [0.3, 0.4) is 0 Å². The molecule has 0 N–H and O–H groups in total. The minimum absolute atomic E-state index is 0.297. The molecule has 7 aromatic rings. The number of nitrogens with zero attached hydrogens (tertiary/aromatic N) is 2. The van der Waals surface area contributed by atoms with Gasteiger partial charge in [0.1, 0.15) is 11.0 Å². The Labute approximate surface area is 604 Å². The Hall–Kier alpha value is -4.54. The van der Waals surface area contributed by atoms with Crippen molar-refractivity contribution in [2.24, 2.45) is 0 Å². The molecule has 0 spiro atoms. The van der Waals surface area contributed by atoms with E-state index in [2.05, 4.69) is 27.7 Å². The Balaban J connectivity index is 1.14. The number of aryl methyl sites for hydroxylation is 2. The lowest BCUT2D eigenvalue weighted by Crippen LogP contribution is -2.11. The number of ether oxygens (including phenoxy) is 4. The Bertz CT molecular complexity index is 3310. The van der Waals surface area contributed by atoms with E-state index in [0.717, 1.165) is 118 Å². The van der Waals surface area contributed by atoms with Gasteiger partial charge < -0.3 is 18.9 Å². The predicted octanol–water partition coefficient (Wildman–Crippen LogP) is 27.7. The molecule has 0 aliphatic heterocycles. The van der Waals surface area contributed by atoms with Crippen LogP contribution in [0.1, 0.15) is 361 Å². The van der Waals surface area contributed by atoms with Crippen LogP contribution < -0.4 is 0 Å². The maximum atomic E-state index is 14.8. The van der Waals surface area contributed by atoms with Crippen molar-refractivity contribution in [1.82, 2.24) is 8.75 Å². The number of fused-ring (bicyclic) bond motifs is 3. The van der Waals surface area contributed by atoms with Crippen molar-refractivity contribution >= 4 is 112 Å². The van der Waals surface area contributed by atoms with Gasteiger partial charge in [-0.05, 0) is 63.8 Å². The molecule has 5 heterocycles. The molecule has 0 atom stereocenters. The van der Waals surface area contributed by atoms with E-state index in [4.69, 9.17) is 27.7 Å². The molecule has 0 radical (unpaired) electrons. The van der Waals surface area contributed by atoms with Gasteiger partial charge in [-0.2, -0.15) is 8.75 Å². The van der Waals surface area contributed by atoms with Gasteiger partial charge in [-0.15, -0.1) is 45.3 Å². The van der Waals surface area contributed by atoms with Crippen LogP contribution in [0, 0.1) is 13.8 Å². The fourth-order valence-corrected chi connectivity index (χ4v) is 18.5. The molecule has 0 aliphatic rings. The number of hydrogen-bond donors (Lipinski definition) is 0. The number of rotatable bonds is 55. The second-order valence-electron chi connectivity index (χ2n) is 27.4. The minimum Gasteiger partial charge on any atom is -0.462 e. The fraction of sp³-hybridized carbons (Fsp3) is 0.659. The molecule has 0 saturated carbocycles. The number of thiophene rings is 4. The molecule has 15 heteroatoms. The number of carbonyl (C=O) groups excluding carboxylic acids is 4. The molecule has 0 fully saturated rings. The van der Waals surface area contributed by atoms with E-state index in [1.54, 1.807) is 11.3 Å². The summed E-state index contributed by atoms with van der Waals surface area (Å²) in [5.41, 5.74) is 4.98. The maximum Gasteiger partial charge on any atom is 0.340 e. The summed E-state index contributed by atoms with van der Waals surface area (Å²) in [5, 5.41) is 1.31. The van der Waals surface area contributed by atoms with Gasteiger partial charge in [0.25, 0.3) is 0 Å². The van der Waals surface area contributed by atoms with Gasteiger partial charge in [0, 0.05) is 46.3 Å². The number of unbranched alkanes of at least 4 members (excludes halogenated alkanes) is 40. The van der Waals surface area contributed by atoms with E-state index in [1.165, 1.54) is 246 Å². The summed E-state index contributed by atoms with van der Waals surface area (Å²) in [7, 11) is 0. The molecule has 0 saturated heterocycles. The van der Waals surface area contributed by atoms with E-state index in [1.807, 2.05) is 50.2 Å². The van der Waals surface area contributed by atoms with E-state index in [0.29, 0.717) is 84.8 Å². The van der Waals surface area contributed by atoms with Crippen LogP contribution in [0.4, 0.5) is 0 Å². The molecule has 0 bridgehead atoms. The molecule has 10 nitrogen and oxygen atoms in total. The van der Waals surface area contributed by atoms with Gasteiger partial charge in [-0.3, -0.25) is 0 Å². The summed E-state index contributed by atoms with van der Waals surface area (Å²) in [6.07, 6.45) is 53.0. The van der Waals surface area contributed by atoms with Gasteiger partial charge in [0.15, 0.2) is 0 Å². The van der Waals surface area contributed by atoms with Gasteiger partial charge in [-0.25, -0.2) is 19.2 Å². The maximum absolute atomic E-state index is 14.8. The molecule has 5 aromatic heterocycles. The smallest absolute Gasteiger partial charge is 0.340 e. The molecule has 0 amide bonds. The zero-order chi connectivity index (χ0) is 68.7. The van der Waals surface area contributed by atoms with Crippen LogP contribution in [0.2, 0.25) is 0 Å². The molecule has 536 valence electrons. The molecular formula is C82H120N2O8S5. The van der Waals surface area contributed by atoms with Crippen LogP contribution in [0.5, 0.6) is 0 Å². The SMILES string of the molecule is CCCCCCCCCCCCCCOC(=O)c1cc(-c2ccc(-c3cc(C(=O)OCCCCCCCCCCCCCC)c(-c4cc5c(C(=O)OCCCCCCCCCCCC)c6sc(C)cc6c(C(=O)OCCCCCCCCCCCC)c5s4)s3)c3nsnc23)sc1C. The van der Waals surface area contributed by atoms with Crippen molar-refractivity contribution in [3.05, 3.63) is 68.4 Å². The molecule has 2 aromatic carbocycles. The standard InChI is InChI=1S/C82H120N2O8S5/c1-7-11-15-19-23-27-31-33-37-39-43-47-53-89-79(85)65-58-69(94-62(65)6)63-51-52-64(75-74(63)83-97-84-75)70-60-68(80(86)90-54-48-44-40-38-34-32-28-24-20-16-12-8-2)76(95-70)71-59-67-73(82(88)92-56-50-46-42-36-30-26-22-18-14-10-4)77-66(57-61(5)93-77)72(78(67)96-71)81(87)91-55-49-45-41-35-29-25-21-17-13-9-3/h51-52,57-60H,7-50,53-56H2,1-6H3. The summed E-state index contributed by atoms with van der Waals surface area (Å²) in [6.45, 7) is 14.4. The normalized spacial score (nSPS) is 11.7. The number of carbonyl (C=O) groups is 4. The molecule has 0 unspecified atom stereocenters. The topological polar surface area (TPSA) is 131 Å². The highest BCUT2D eigenvalue weighted by Gasteiger charge is 2.31. The van der Waals surface area contributed by atoms with Crippen LogP contribution in [0.15, 0.2) is 36.4 Å². The molecule has 0 aliphatic carbocycles. The second-order valence-corrected chi connectivity index (χ2v) is 32.6. The highest BCUT2D eigenvalue weighted by Crippen LogP contribution is 2.50. The first-order chi connectivity index (χ1) is 47.6. The average Bonchev–Trinajstić information content (AvgIpc) is 1.59. The zero-order valence-electron chi connectivity index (χ0n) is 60.6. The van der Waals surface area contributed by atoms with Gasteiger partial charge >= 0.3 is 23.9 Å². The Morgan fingerprint density at radius 3 is 1.02 bits per heavy atom. The highest BCUT2D eigenvalue weighted by molar-refractivity contribution is 7.28. The predicted molar refractivity (Wildman–Crippen MR) is 417 cm³/mol. The Morgan fingerprint density at radius 2 is 0.639 bits per heavy atom. The summed E-state index contributed by atoms with van der Waals surface area (Å²) >= 11 is 7.08. The number of benzene rings is 2. The first-order valence-electron chi connectivity index (χ1n) is 38.8. The van der Waals surface area contributed by atoms with Crippen molar-refractivity contribution in [3.63, 3.8) is 0 Å². The Kier molecular flexibility index (Phi) is 38.5. The third-order valence-corrected chi connectivity index (χ3v) is 24.4. The number of aromatic nitrogens is 2. The van der Waals surface area contributed by atoms with E-state index in [9.17, 15) is 19.2 Å². The first kappa shape index (κ1) is 79.8. The summed E-state index contributed by atoms with van der Waals surface area (Å²) in [6, 6.07) is 12.0. The van der Waals surface area contributed by atoms with Crippen LogP contribution in [0.25, 0.3) is 61.8 Å². The Morgan fingerprint density at radius 1 is 0.330 bits per heavy atom. The monoisotopic (exact) mass is 1420 g/mol. The van der Waals surface area contributed by atoms with Gasteiger partial charge in [0.05, 0.1) is 74.7 Å². The molecule has 7 rings (SSSR count). The fourth-order valence-electron chi connectivity index (χ4n) is 13.4. The van der Waals surface area contributed by atoms with Crippen LogP contribution in [-0.4, -0.2) is 59.1 Å². The minimum atomic E-state index is -0.418. The lowest BCUT2D eigenvalue weighted by Gasteiger charge is -2.11. The average molecular weight is 1420 g/mol. The van der Waals surface area contributed by atoms with Crippen molar-refractivity contribution in [1.29, 1.82) is 0 Å².